The molecule has 5 rings (SSSR count). The number of hydrogen-bond donors (Lipinski definition) is 3. The second-order valence-corrected chi connectivity index (χ2v) is 9.35. The summed E-state index contributed by atoms with van der Waals surface area (Å²) in [5, 5.41) is 6.79. The average Bonchev–Trinajstić information content (AvgIpc) is 3.08. The molecule has 0 bridgehead atoms. The van der Waals surface area contributed by atoms with Gasteiger partial charge in [-0.05, 0) is 81.1 Å². The largest absolute Gasteiger partial charge is 0.378 e. The molecule has 6 heteroatoms. The Morgan fingerprint density at radius 2 is 1.90 bits per heavy atom. The average molecular weight is 438 g/mol. The Hall–Kier alpha value is -2.21. The summed E-state index contributed by atoms with van der Waals surface area (Å²) >= 11 is 6.26. The number of likely N-dealkylation sites (tertiary alicyclic amines) is 1. The molecule has 0 spiro atoms. The molecule has 0 aliphatic carbocycles. The fourth-order valence-corrected chi connectivity index (χ4v) is 5.44. The van der Waals surface area contributed by atoms with Gasteiger partial charge in [0.1, 0.15) is 0 Å². The van der Waals surface area contributed by atoms with Crippen LogP contribution >= 0.6 is 11.6 Å². The van der Waals surface area contributed by atoms with Crippen LogP contribution in [0.2, 0.25) is 5.02 Å². The molecule has 0 amide bonds. The molecule has 5 nitrogen and oxygen atoms in total. The van der Waals surface area contributed by atoms with E-state index in [-0.39, 0.29) is 6.04 Å². The lowest BCUT2D eigenvalue weighted by molar-refractivity contribution is 0.222. The van der Waals surface area contributed by atoms with Crippen molar-refractivity contribution in [2.45, 2.75) is 45.1 Å². The van der Waals surface area contributed by atoms with E-state index in [1.165, 1.54) is 54.0 Å². The third kappa shape index (κ3) is 4.14. The van der Waals surface area contributed by atoms with Gasteiger partial charge in [0.15, 0.2) is 0 Å². The van der Waals surface area contributed by atoms with E-state index in [1.807, 2.05) is 18.2 Å². The van der Waals surface area contributed by atoms with Gasteiger partial charge in [-0.25, -0.2) is 0 Å². The lowest BCUT2D eigenvalue weighted by Crippen LogP contribution is -2.37. The van der Waals surface area contributed by atoms with E-state index in [0.717, 1.165) is 30.2 Å². The number of halogens is 1. The Labute approximate surface area is 190 Å². The lowest BCUT2D eigenvalue weighted by Gasteiger charge is -2.32. The zero-order valence-electron chi connectivity index (χ0n) is 18.4. The van der Waals surface area contributed by atoms with Crippen molar-refractivity contribution in [3.8, 4) is 0 Å². The summed E-state index contributed by atoms with van der Waals surface area (Å²) in [7, 11) is 0. The van der Waals surface area contributed by atoms with Crippen LogP contribution in [0.1, 0.15) is 61.8 Å². The third-order valence-corrected chi connectivity index (χ3v) is 7.26. The van der Waals surface area contributed by atoms with Crippen LogP contribution in [0.5, 0.6) is 0 Å². The van der Waals surface area contributed by atoms with E-state index >= 15 is 0 Å². The maximum Gasteiger partial charge on any atom is 0.0814 e. The molecule has 164 valence electrons. The molecule has 2 aromatic carbocycles. The predicted molar refractivity (Wildman–Crippen MR) is 129 cm³/mol. The number of fused-ring (bicyclic) bond motifs is 3. The summed E-state index contributed by atoms with van der Waals surface area (Å²) in [6.45, 7) is 8.90. The fourth-order valence-electron chi connectivity index (χ4n) is 5.25. The smallest absolute Gasteiger partial charge is 0.0814 e. The van der Waals surface area contributed by atoms with Crippen LogP contribution in [0, 0.1) is 0 Å². The minimum absolute atomic E-state index is 0.233. The van der Waals surface area contributed by atoms with Crippen molar-refractivity contribution >= 4 is 23.0 Å². The number of rotatable bonds is 4. The first-order valence-electron chi connectivity index (χ1n) is 11.5. The SMILES string of the molecule is CCN1CCC(c2ccc3c(c2)C(Nc2cccc(Cl)c2)CCN2NNC(C)=C32)CC1. The number of hydrazine groups is 2. The molecular weight excluding hydrogens is 406 g/mol. The number of piperidine rings is 1. The van der Waals surface area contributed by atoms with Crippen LogP contribution in [0.15, 0.2) is 48.2 Å². The Bertz CT molecular complexity index is 980. The number of allylic oxidation sites excluding steroid dienone is 1. The number of anilines is 1. The van der Waals surface area contributed by atoms with E-state index in [4.69, 9.17) is 11.6 Å². The second kappa shape index (κ2) is 8.73. The summed E-state index contributed by atoms with van der Waals surface area (Å²) in [4.78, 5) is 2.56. The van der Waals surface area contributed by atoms with E-state index in [9.17, 15) is 0 Å². The molecule has 1 saturated heterocycles. The van der Waals surface area contributed by atoms with Crippen molar-refractivity contribution < 1.29 is 0 Å². The molecule has 3 aliphatic rings. The highest BCUT2D eigenvalue weighted by molar-refractivity contribution is 6.30. The van der Waals surface area contributed by atoms with Crippen molar-refractivity contribution in [3.05, 3.63) is 69.9 Å². The van der Waals surface area contributed by atoms with Gasteiger partial charge in [-0.1, -0.05) is 42.8 Å². The van der Waals surface area contributed by atoms with Gasteiger partial charge < -0.3 is 15.6 Å². The molecule has 3 heterocycles. The number of hydrogen-bond acceptors (Lipinski definition) is 5. The number of nitrogens with zero attached hydrogens (tertiary/aromatic N) is 2. The maximum atomic E-state index is 6.26. The summed E-state index contributed by atoms with van der Waals surface area (Å²) < 4.78 is 0. The Morgan fingerprint density at radius 3 is 2.68 bits per heavy atom. The highest BCUT2D eigenvalue weighted by atomic mass is 35.5. The quantitative estimate of drug-likeness (QED) is 0.620. The minimum atomic E-state index is 0.233. The van der Waals surface area contributed by atoms with Crippen molar-refractivity contribution in [1.29, 1.82) is 0 Å². The molecule has 0 aromatic heterocycles. The predicted octanol–water partition coefficient (Wildman–Crippen LogP) is 5.11. The molecule has 3 aliphatic heterocycles. The van der Waals surface area contributed by atoms with Gasteiger partial charge in [-0.2, -0.15) is 0 Å². The van der Waals surface area contributed by atoms with Gasteiger partial charge in [0, 0.05) is 22.8 Å². The summed E-state index contributed by atoms with van der Waals surface area (Å²) in [6, 6.07) is 15.5. The van der Waals surface area contributed by atoms with Crippen LogP contribution in [-0.4, -0.2) is 36.1 Å². The number of benzene rings is 2. The van der Waals surface area contributed by atoms with E-state index in [1.54, 1.807) is 0 Å². The number of nitrogens with one attached hydrogen (secondary N) is 3. The van der Waals surface area contributed by atoms with Crippen molar-refractivity contribution in [1.82, 2.24) is 20.9 Å². The second-order valence-electron chi connectivity index (χ2n) is 8.91. The maximum absolute atomic E-state index is 6.26. The molecule has 1 fully saturated rings. The molecule has 1 unspecified atom stereocenters. The monoisotopic (exact) mass is 437 g/mol. The Morgan fingerprint density at radius 1 is 1.06 bits per heavy atom. The summed E-state index contributed by atoms with van der Waals surface area (Å²) in [5.74, 6) is 0.647. The first-order chi connectivity index (χ1) is 15.1. The first kappa shape index (κ1) is 20.7. The van der Waals surface area contributed by atoms with Crippen LogP contribution in [0.4, 0.5) is 5.69 Å². The topological polar surface area (TPSA) is 42.6 Å². The fraction of sp³-hybridized carbons (Fsp3) is 0.440. The molecule has 0 saturated carbocycles. The van der Waals surface area contributed by atoms with Crippen molar-refractivity contribution in [2.24, 2.45) is 0 Å². The highest BCUT2D eigenvalue weighted by Gasteiger charge is 2.31. The van der Waals surface area contributed by atoms with Crippen molar-refractivity contribution in [3.63, 3.8) is 0 Å². The molecule has 3 N–H and O–H groups in total. The zero-order valence-corrected chi connectivity index (χ0v) is 19.2. The summed E-state index contributed by atoms with van der Waals surface area (Å²) in [6.07, 6.45) is 3.49. The van der Waals surface area contributed by atoms with Crippen molar-refractivity contribution in [2.75, 3.05) is 31.5 Å². The van der Waals surface area contributed by atoms with Gasteiger partial charge in [0.25, 0.3) is 0 Å². The molecule has 1 atom stereocenters. The standard InChI is InChI=1S/C25H32ClN5/c1-3-30-12-9-18(10-13-30)19-7-8-22-23(15-19)24(27-21-6-4-5-20(26)16-21)11-14-31-25(22)17(2)28-29-31/h4-8,15-16,18,24,27-29H,3,9-14H2,1-2H3. The summed E-state index contributed by atoms with van der Waals surface area (Å²) in [5.41, 5.74) is 14.3. The lowest BCUT2D eigenvalue weighted by atomic mass is 9.85. The molecule has 2 aromatic rings. The van der Waals surface area contributed by atoms with Crippen LogP contribution in [-0.2, 0) is 0 Å². The van der Waals surface area contributed by atoms with Gasteiger partial charge in [-0.3, -0.25) is 5.01 Å². The normalized spacial score (nSPS) is 22.0. The minimum Gasteiger partial charge on any atom is -0.378 e. The third-order valence-electron chi connectivity index (χ3n) is 7.02. The Kier molecular flexibility index (Phi) is 5.83. The van der Waals surface area contributed by atoms with Gasteiger partial charge >= 0.3 is 0 Å². The Balaban J connectivity index is 1.51. The van der Waals surface area contributed by atoms with Gasteiger partial charge in [0.2, 0.25) is 0 Å². The highest BCUT2D eigenvalue weighted by Crippen LogP contribution is 2.39. The van der Waals surface area contributed by atoms with E-state index in [2.05, 4.69) is 64.3 Å². The molecule has 31 heavy (non-hydrogen) atoms. The van der Waals surface area contributed by atoms with Gasteiger partial charge in [0.05, 0.1) is 17.4 Å². The van der Waals surface area contributed by atoms with Crippen LogP contribution < -0.4 is 16.3 Å². The first-order valence-corrected chi connectivity index (χ1v) is 11.9. The van der Waals surface area contributed by atoms with Crippen LogP contribution in [0.3, 0.4) is 0 Å². The van der Waals surface area contributed by atoms with E-state index in [0.29, 0.717) is 5.92 Å². The molecular formula is C25H32ClN5. The molecule has 0 radical (unpaired) electrons. The van der Waals surface area contributed by atoms with Crippen LogP contribution in [0.25, 0.3) is 5.70 Å². The van der Waals surface area contributed by atoms with Gasteiger partial charge in [-0.15, -0.1) is 5.53 Å². The zero-order chi connectivity index (χ0) is 21.4. The van der Waals surface area contributed by atoms with E-state index < -0.39 is 0 Å².